The Bertz CT molecular complexity index is 647. The van der Waals surface area contributed by atoms with Crippen molar-refractivity contribution in [1.29, 1.82) is 0 Å². The Morgan fingerprint density at radius 1 is 1.12 bits per heavy atom. The SMILES string of the molecule is CC(NC(=O)CCN(C)CCOc1ccc(Cl)cc1)c1ccccc1. The van der Waals surface area contributed by atoms with E-state index in [2.05, 4.69) is 10.2 Å². The molecule has 2 rings (SSSR count). The quantitative estimate of drug-likeness (QED) is 0.737. The summed E-state index contributed by atoms with van der Waals surface area (Å²) < 4.78 is 5.66. The van der Waals surface area contributed by atoms with Gasteiger partial charge in [-0.25, -0.2) is 0 Å². The molecule has 0 spiro atoms. The van der Waals surface area contributed by atoms with Crippen LogP contribution in [-0.2, 0) is 4.79 Å². The van der Waals surface area contributed by atoms with Crippen molar-refractivity contribution in [3.05, 3.63) is 65.2 Å². The maximum absolute atomic E-state index is 12.1. The van der Waals surface area contributed by atoms with E-state index in [1.165, 1.54) is 0 Å². The van der Waals surface area contributed by atoms with Gasteiger partial charge in [0.25, 0.3) is 0 Å². The van der Waals surface area contributed by atoms with Crippen LogP contribution in [0.4, 0.5) is 0 Å². The number of hydrogen-bond acceptors (Lipinski definition) is 3. The molecule has 1 amide bonds. The van der Waals surface area contributed by atoms with Crippen molar-refractivity contribution in [2.45, 2.75) is 19.4 Å². The van der Waals surface area contributed by atoms with Gasteiger partial charge >= 0.3 is 0 Å². The minimum atomic E-state index is 0.0206. The highest BCUT2D eigenvalue weighted by Crippen LogP contribution is 2.15. The molecule has 1 atom stereocenters. The highest BCUT2D eigenvalue weighted by Gasteiger charge is 2.10. The third-order valence-corrected chi connectivity index (χ3v) is 4.21. The predicted molar refractivity (Wildman–Crippen MR) is 102 cm³/mol. The molecule has 0 fully saturated rings. The average Bonchev–Trinajstić information content (AvgIpc) is 2.62. The van der Waals surface area contributed by atoms with Crippen molar-refractivity contribution in [3.63, 3.8) is 0 Å². The summed E-state index contributed by atoms with van der Waals surface area (Å²) in [7, 11) is 1.99. The molecule has 0 aliphatic carbocycles. The predicted octanol–water partition coefficient (Wildman–Crippen LogP) is 3.92. The second-order valence-electron chi connectivity index (χ2n) is 6.06. The Kier molecular flexibility index (Phi) is 7.76. The van der Waals surface area contributed by atoms with Crippen LogP contribution in [0.1, 0.15) is 24.9 Å². The van der Waals surface area contributed by atoms with Gasteiger partial charge in [0.2, 0.25) is 5.91 Å². The summed E-state index contributed by atoms with van der Waals surface area (Å²) in [6.07, 6.45) is 0.467. The standard InChI is InChI=1S/C20H25ClN2O2/c1-16(17-6-4-3-5-7-17)22-20(24)12-13-23(2)14-15-25-19-10-8-18(21)9-11-19/h3-11,16H,12-15H2,1-2H3,(H,22,24). The van der Waals surface area contributed by atoms with Crippen LogP contribution in [0, 0.1) is 0 Å². The van der Waals surface area contributed by atoms with Crippen LogP contribution in [0.25, 0.3) is 0 Å². The highest BCUT2D eigenvalue weighted by molar-refractivity contribution is 6.30. The largest absolute Gasteiger partial charge is 0.492 e. The van der Waals surface area contributed by atoms with Crippen molar-refractivity contribution in [1.82, 2.24) is 10.2 Å². The Morgan fingerprint density at radius 2 is 1.80 bits per heavy atom. The molecule has 1 unspecified atom stereocenters. The van der Waals surface area contributed by atoms with Crippen LogP contribution < -0.4 is 10.1 Å². The zero-order valence-electron chi connectivity index (χ0n) is 14.7. The second-order valence-corrected chi connectivity index (χ2v) is 6.49. The molecule has 0 saturated carbocycles. The zero-order valence-corrected chi connectivity index (χ0v) is 15.5. The van der Waals surface area contributed by atoms with E-state index in [-0.39, 0.29) is 11.9 Å². The molecular formula is C20H25ClN2O2. The number of amides is 1. The molecule has 0 radical (unpaired) electrons. The van der Waals surface area contributed by atoms with E-state index < -0.39 is 0 Å². The molecule has 0 aliphatic rings. The smallest absolute Gasteiger partial charge is 0.221 e. The molecule has 2 aromatic rings. The first-order valence-corrected chi connectivity index (χ1v) is 8.83. The monoisotopic (exact) mass is 360 g/mol. The van der Waals surface area contributed by atoms with Crippen molar-refractivity contribution in [2.24, 2.45) is 0 Å². The van der Waals surface area contributed by atoms with Gasteiger partial charge in [-0.2, -0.15) is 0 Å². The molecule has 2 aromatic carbocycles. The first kappa shape index (κ1) is 19.3. The number of likely N-dealkylation sites (N-methyl/N-ethyl adjacent to an activating group) is 1. The lowest BCUT2D eigenvalue weighted by atomic mass is 10.1. The lowest BCUT2D eigenvalue weighted by Crippen LogP contribution is -2.32. The Balaban J connectivity index is 1.63. The Labute approximate surface area is 154 Å². The van der Waals surface area contributed by atoms with E-state index in [9.17, 15) is 4.79 Å². The molecule has 0 heterocycles. The number of nitrogens with one attached hydrogen (secondary N) is 1. The molecule has 5 heteroatoms. The normalized spacial score (nSPS) is 12.0. The number of halogens is 1. The van der Waals surface area contributed by atoms with Crippen LogP contribution in [0.3, 0.4) is 0 Å². The van der Waals surface area contributed by atoms with E-state index in [4.69, 9.17) is 16.3 Å². The van der Waals surface area contributed by atoms with Gasteiger partial charge < -0.3 is 15.0 Å². The number of hydrogen-bond donors (Lipinski definition) is 1. The van der Waals surface area contributed by atoms with E-state index in [1.54, 1.807) is 12.1 Å². The molecule has 134 valence electrons. The molecule has 4 nitrogen and oxygen atoms in total. The Morgan fingerprint density at radius 3 is 2.48 bits per heavy atom. The molecular weight excluding hydrogens is 336 g/mol. The van der Waals surface area contributed by atoms with Gasteiger partial charge in [0.1, 0.15) is 12.4 Å². The van der Waals surface area contributed by atoms with E-state index in [0.717, 1.165) is 17.9 Å². The van der Waals surface area contributed by atoms with Crippen molar-refractivity contribution >= 4 is 17.5 Å². The number of nitrogens with zero attached hydrogens (tertiary/aromatic N) is 1. The molecule has 0 aliphatic heterocycles. The van der Waals surface area contributed by atoms with E-state index >= 15 is 0 Å². The highest BCUT2D eigenvalue weighted by atomic mass is 35.5. The minimum Gasteiger partial charge on any atom is -0.492 e. The summed E-state index contributed by atoms with van der Waals surface area (Å²) in [6.45, 7) is 4.01. The fraction of sp³-hybridized carbons (Fsp3) is 0.350. The van der Waals surface area contributed by atoms with Gasteiger partial charge in [0.15, 0.2) is 0 Å². The minimum absolute atomic E-state index is 0.0206. The van der Waals surface area contributed by atoms with Gasteiger partial charge in [0, 0.05) is 24.5 Å². The summed E-state index contributed by atoms with van der Waals surface area (Å²) in [6, 6.07) is 17.3. The van der Waals surface area contributed by atoms with Gasteiger partial charge in [-0.1, -0.05) is 41.9 Å². The van der Waals surface area contributed by atoms with Gasteiger partial charge in [0.05, 0.1) is 6.04 Å². The summed E-state index contributed by atoms with van der Waals surface area (Å²) in [5.74, 6) is 0.856. The van der Waals surface area contributed by atoms with Gasteiger partial charge in [-0.3, -0.25) is 4.79 Å². The fourth-order valence-electron chi connectivity index (χ4n) is 2.39. The molecule has 0 saturated heterocycles. The second kappa shape index (κ2) is 10.1. The lowest BCUT2D eigenvalue weighted by Gasteiger charge is -2.18. The number of benzene rings is 2. The average molecular weight is 361 g/mol. The number of carbonyl (C=O) groups is 1. The number of ether oxygens (including phenoxy) is 1. The Hall–Kier alpha value is -2.04. The maximum atomic E-state index is 12.1. The first-order valence-electron chi connectivity index (χ1n) is 8.46. The fourth-order valence-corrected chi connectivity index (χ4v) is 2.52. The molecule has 1 N–H and O–H groups in total. The lowest BCUT2D eigenvalue weighted by molar-refractivity contribution is -0.122. The van der Waals surface area contributed by atoms with Crippen molar-refractivity contribution < 1.29 is 9.53 Å². The third-order valence-electron chi connectivity index (χ3n) is 3.95. The topological polar surface area (TPSA) is 41.6 Å². The van der Waals surface area contributed by atoms with Crippen LogP contribution >= 0.6 is 11.6 Å². The van der Waals surface area contributed by atoms with Crippen LogP contribution in [0.15, 0.2) is 54.6 Å². The van der Waals surface area contributed by atoms with Crippen LogP contribution in [0.5, 0.6) is 5.75 Å². The van der Waals surface area contributed by atoms with Crippen molar-refractivity contribution in [3.8, 4) is 5.75 Å². The molecule has 0 aromatic heterocycles. The van der Waals surface area contributed by atoms with Crippen LogP contribution in [0.2, 0.25) is 5.02 Å². The number of rotatable bonds is 9. The summed E-state index contributed by atoms with van der Waals surface area (Å²) in [4.78, 5) is 14.2. The maximum Gasteiger partial charge on any atom is 0.221 e. The van der Waals surface area contributed by atoms with E-state index in [0.29, 0.717) is 24.6 Å². The van der Waals surface area contributed by atoms with E-state index in [1.807, 2.05) is 56.4 Å². The number of carbonyl (C=O) groups excluding carboxylic acids is 1. The van der Waals surface area contributed by atoms with Gasteiger partial charge in [-0.05, 0) is 43.8 Å². The van der Waals surface area contributed by atoms with Crippen LogP contribution in [-0.4, -0.2) is 37.6 Å². The summed E-state index contributed by atoms with van der Waals surface area (Å²) in [5, 5.41) is 3.72. The van der Waals surface area contributed by atoms with Crippen molar-refractivity contribution in [2.75, 3.05) is 26.7 Å². The van der Waals surface area contributed by atoms with Gasteiger partial charge in [-0.15, -0.1) is 0 Å². The summed E-state index contributed by atoms with van der Waals surface area (Å²) >= 11 is 5.84. The molecule has 25 heavy (non-hydrogen) atoms. The first-order chi connectivity index (χ1) is 12.0. The third kappa shape index (κ3) is 7.16. The summed E-state index contributed by atoms with van der Waals surface area (Å²) in [5.41, 5.74) is 1.11. The zero-order chi connectivity index (χ0) is 18.1. The molecule has 0 bridgehead atoms.